The van der Waals surface area contributed by atoms with Gasteiger partial charge in [0, 0.05) is 37.9 Å². The van der Waals surface area contributed by atoms with Gasteiger partial charge >= 0.3 is 0 Å². The Morgan fingerprint density at radius 1 is 1.27 bits per heavy atom. The highest BCUT2D eigenvalue weighted by Crippen LogP contribution is 2.33. The molecule has 1 aromatic carbocycles. The van der Waals surface area contributed by atoms with Gasteiger partial charge in [0.1, 0.15) is 5.76 Å². The molecule has 0 unspecified atom stereocenters. The van der Waals surface area contributed by atoms with Crippen molar-refractivity contribution >= 4 is 5.91 Å². The lowest BCUT2D eigenvalue weighted by molar-refractivity contribution is -0.130. The molecule has 7 heteroatoms. The summed E-state index contributed by atoms with van der Waals surface area (Å²) in [6, 6.07) is 7.62. The number of benzene rings is 1. The summed E-state index contributed by atoms with van der Waals surface area (Å²) in [5.41, 5.74) is 1.86. The van der Waals surface area contributed by atoms with E-state index in [-0.39, 0.29) is 18.6 Å². The Hall–Kier alpha value is -2.54. The van der Waals surface area contributed by atoms with E-state index in [1.54, 1.807) is 4.90 Å². The predicted octanol–water partition coefficient (Wildman–Crippen LogP) is 1.71. The third kappa shape index (κ3) is 3.53. The number of carbonyl (C=O) groups is 1. The molecule has 1 saturated heterocycles. The SMILES string of the molecule is Cc1cc(C[C@@H]2CN(C(=O)CCc3ccc4c(c3)OCO4)C[C@@H]2O)on1. The second-order valence-corrected chi connectivity index (χ2v) is 6.95. The summed E-state index contributed by atoms with van der Waals surface area (Å²) in [6.07, 6.45) is 1.09. The summed E-state index contributed by atoms with van der Waals surface area (Å²) >= 11 is 0. The molecule has 3 heterocycles. The van der Waals surface area contributed by atoms with Crippen LogP contribution >= 0.6 is 0 Å². The fourth-order valence-electron chi connectivity index (χ4n) is 3.54. The fraction of sp³-hybridized carbons (Fsp3) is 0.474. The monoisotopic (exact) mass is 358 g/mol. The van der Waals surface area contributed by atoms with Crippen LogP contribution in [0.25, 0.3) is 0 Å². The van der Waals surface area contributed by atoms with Crippen LogP contribution in [0.5, 0.6) is 11.5 Å². The van der Waals surface area contributed by atoms with E-state index in [2.05, 4.69) is 5.16 Å². The number of amides is 1. The van der Waals surface area contributed by atoms with Crippen LogP contribution in [0.1, 0.15) is 23.4 Å². The van der Waals surface area contributed by atoms with Crippen molar-refractivity contribution in [2.24, 2.45) is 5.92 Å². The Balaban J connectivity index is 1.31. The number of hydrogen-bond donors (Lipinski definition) is 1. The quantitative estimate of drug-likeness (QED) is 0.876. The van der Waals surface area contributed by atoms with E-state index in [0.29, 0.717) is 32.4 Å². The van der Waals surface area contributed by atoms with Gasteiger partial charge in [-0.25, -0.2) is 0 Å². The molecule has 2 aliphatic heterocycles. The van der Waals surface area contributed by atoms with Gasteiger partial charge in [0.05, 0.1) is 11.8 Å². The Labute approximate surface area is 151 Å². The van der Waals surface area contributed by atoms with Crippen molar-refractivity contribution in [1.82, 2.24) is 10.1 Å². The first-order valence-corrected chi connectivity index (χ1v) is 8.85. The normalized spacial score (nSPS) is 21.4. The molecule has 26 heavy (non-hydrogen) atoms. The Bertz CT molecular complexity index is 803. The Kier molecular flexibility index (Phi) is 4.55. The van der Waals surface area contributed by atoms with E-state index >= 15 is 0 Å². The lowest BCUT2D eigenvalue weighted by atomic mass is 10.0. The third-order valence-corrected chi connectivity index (χ3v) is 4.96. The summed E-state index contributed by atoms with van der Waals surface area (Å²) in [6.45, 7) is 3.03. The van der Waals surface area contributed by atoms with Crippen LogP contribution in [0.2, 0.25) is 0 Å². The van der Waals surface area contributed by atoms with Crippen molar-refractivity contribution in [1.29, 1.82) is 0 Å². The van der Waals surface area contributed by atoms with E-state index in [0.717, 1.165) is 28.5 Å². The Morgan fingerprint density at radius 2 is 2.12 bits per heavy atom. The maximum Gasteiger partial charge on any atom is 0.231 e. The van der Waals surface area contributed by atoms with Crippen LogP contribution in [-0.4, -0.2) is 47.1 Å². The molecule has 0 radical (unpaired) electrons. The van der Waals surface area contributed by atoms with Gasteiger partial charge in [-0.05, 0) is 31.0 Å². The van der Waals surface area contributed by atoms with E-state index in [1.165, 1.54) is 0 Å². The number of aliphatic hydroxyl groups is 1. The summed E-state index contributed by atoms with van der Waals surface area (Å²) < 4.78 is 15.9. The van der Waals surface area contributed by atoms with Gasteiger partial charge in [0.15, 0.2) is 11.5 Å². The van der Waals surface area contributed by atoms with Crippen molar-refractivity contribution < 1.29 is 23.9 Å². The predicted molar refractivity (Wildman–Crippen MR) is 91.9 cm³/mol. The van der Waals surface area contributed by atoms with Gasteiger partial charge < -0.3 is 24.0 Å². The first-order chi connectivity index (χ1) is 12.6. The average molecular weight is 358 g/mol. The largest absolute Gasteiger partial charge is 0.454 e. The van der Waals surface area contributed by atoms with Crippen LogP contribution in [0.4, 0.5) is 0 Å². The smallest absolute Gasteiger partial charge is 0.231 e. The minimum atomic E-state index is -0.533. The van der Waals surface area contributed by atoms with Gasteiger partial charge in [-0.3, -0.25) is 4.79 Å². The molecule has 1 fully saturated rings. The molecule has 1 amide bonds. The van der Waals surface area contributed by atoms with Crippen LogP contribution < -0.4 is 9.47 Å². The molecule has 0 aliphatic carbocycles. The highest BCUT2D eigenvalue weighted by molar-refractivity contribution is 5.77. The summed E-state index contributed by atoms with van der Waals surface area (Å²) in [4.78, 5) is 14.3. The van der Waals surface area contributed by atoms with Crippen LogP contribution in [0, 0.1) is 12.8 Å². The van der Waals surface area contributed by atoms with Gasteiger partial charge in [0.2, 0.25) is 12.7 Å². The molecule has 1 N–H and O–H groups in total. The molecule has 2 aliphatic rings. The maximum absolute atomic E-state index is 12.5. The lowest BCUT2D eigenvalue weighted by Gasteiger charge is -2.16. The number of likely N-dealkylation sites (tertiary alicyclic amines) is 1. The number of nitrogens with zero attached hydrogens (tertiary/aromatic N) is 2. The first-order valence-electron chi connectivity index (χ1n) is 8.85. The zero-order valence-corrected chi connectivity index (χ0v) is 14.7. The average Bonchev–Trinajstić information content (AvgIpc) is 3.33. The van der Waals surface area contributed by atoms with Crippen LogP contribution in [0.3, 0.4) is 0 Å². The van der Waals surface area contributed by atoms with Crippen LogP contribution in [0.15, 0.2) is 28.8 Å². The molecule has 4 rings (SSSR count). The number of carbonyl (C=O) groups excluding carboxylic acids is 1. The van der Waals surface area contributed by atoms with Gasteiger partial charge in [-0.1, -0.05) is 11.2 Å². The van der Waals surface area contributed by atoms with E-state index in [1.807, 2.05) is 31.2 Å². The number of hydrogen-bond acceptors (Lipinski definition) is 6. The number of aromatic nitrogens is 1. The number of rotatable bonds is 5. The molecular weight excluding hydrogens is 336 g/mol. The van der Waals surface area contributed by atoms with Crippen molar-refractivity contribution in [2.75, 3.05) is 19.9 Å². The molecule has 0 bridgehead atoms. The van der Waals surface area contributed by atoms with Crippen molar-refractivity contribution in [3.8, 4) is 11.5 Å². The number of ether oxygens (including phenoxy) is 2. The maximum atomic E-state index is 12.5. The van der Waals surface area contributed by atoms with Gasteiger partial charge in [-0.2, -0.15) is 0 Å². The molecule has 0 saturated carbocycles. The lowest BCUT2D eigenvalue weighted by Crippen LogP contribution is -2.29. The standard InChI is InChI=1S/C19H22N2O5/c1-12-6-15(26-20-12)8-14-9-21(10-16(14)22)19(23)5-3-13-2-4-17-18(7-13)25-11-24-17/h2,4,6-7,14,16,22H,3,5,8-11H2,1H3/t14-,16+/m1/s1. The summed E-state index contributed by atoms with van der Waals surface area (Å²) in [5, 5.41) is 14.2. The summed E-state index contributed by atoms with van der Waals surface area (Å²) in [7, 11) is 0. The highest BCUT2D eigenvalue weighted by atomic mass is 16.7. The number of fused-ring (bicyclic) bond motifs is 1. The minimum Gasteiger partial charge on any atom is -0.454 e. The van der Waals surface area contributed by atoms with Gasteiger partial charge in [0.25, 0.3) is 0 Å². The summed E-state index contributed by atoms with van der Waals surface area (Å²) in [5.74, 6) is 2.26. The van der Waals surface area contributed by atoms with Crippen LogP contribution in [-0.2, 0) is 17.6 Å². The zero-order valence-electron chi connectivity index (χ0n) is 14.7. The van der Waals surface area contributed by atoms with E-state index < -0.39 is 6.10 Å². The van der Waals surface area contributed by atoms with Crippen molar-refractivity contribution in [2.45, 2.75) is 32.3 Å². The number of aliphatic hydroxyl groups excluding tert-OH is 1. The van der Waals surface area contributed by atoms with Gasteiger partial charge in [-0.15, -0.1) is 0 Å². The van der Waals surface area contributed by atoms with Crippen molar-refractivity contribution in [3.05, 3.63) is 41.3 Å². The van der Waals surface area contributed by atoms with E-state index in [4.69, 9.17) is 14.0 Å². The topological polar surface area (TPSA) is 85.0 Å². The minimum absolute atomic E-state index is 0.0168. The fourth-order valence-corrected chi connectivity index (χ4v) is 3.54. The molecule has 0 spiro atoms. The second-order valence-electron chi connectivity index (χ2n) is 6.95. The number of β-amino-alcohol motifs (C(OH)–C–C–N with tert-alkyl or cyclic N) is 1. The second kappa shape index (κ2) is 6.99. The van der Waals surface area contributed by atoms with Crippen molar-refractivity contribution in [3.63, 3.8) is 0 Å². The Morgan fingerprint density at radius 3 is 2.92 bits per heavy atom. The highest BCUT2D eigenvalue weighted by Gasteiger charge is 2.34. The third-order valence-electron chi connectivity index (χ3n) is 4.96. The zero-order chi connectivity index (χ0) is 18.1. The van der Waals surface area contributed by atoms with E-state index in [9.17, 15) is 9.90 Å². The first kappa shape index (κ1) is 16.9. The number of aryl methyl sites for hydroxylation is 2. The molecule has 1 aromatic heterocycles. The molecule has 2 atom stereocenters. The molecule has 138 valence electrons. The molecule has 7 nitrogen and oxygen atoms in total. The molecule has 2 aromatic rings. The molecular formula is C19H22N2O5.